The van der Waals surface area contributed by atoms with Gasteiger partial charge in [-0.1, -0.05) is 12.1 Å². The monoisotopic (exact) mass is 318 g/mol. The highest BCUT2D eigenvalue weighted by Crippen LogP contribution is 2.29. The number of nitrogens with one attached hydrogen (secondary N) is 1. The van der Waals surface area contributed by atoms with Crippen molar-refractivity contribution in [3.63, 3.8) is 0 Å². The molecule has 0 atom stereocenters. The minimum atomic E-state index is -0.608. The summed E-state index contributed by atoms with van der Waals surface area (Å²) in [7, 11) is 0. The molecule has 23 heavy (non-hydrogen) atoms. The first-order valence-electron chi connectivity index (χ1n) is 7.49. The van der Waals surface area contributed by atoms with Crippen molar-refractivity contribution in [3.05, 3.63) is 30.0 Å². The van der Waals surface area contributed by atoms with E-state index in [4.69, 9.17) is 13.9 Å². The van der Waals surface area contributed by atoms with Crippen molar-refractivity contribution in [2.24, 2.45) is 5.10 Å². The largest absolute Gasteiger partial charge is 0.490 e. The van der Waals surface area contributed by atoms with Crippen LogP contribution in [0.3, 0.4) is 0 Å². The maximum Gasteiger partial charge on any atom is 0.428 e. The van der Waals surface area contributed by atoms with E-state index in [2.05, 4.69) is 10.5 Å². The van der Waals surface area contributed by atoms with Crippen LogP contribution in [-0.2, 0) is 4.74 Å². The van der Waals surface area contributed by atoms with Crippen LogP contribution in [0.25, 0.3) is 11.0 Å². The average Bonchev–Trinajstić information content (AvgIpc) is 2.88. The van der Waals surface area contributed by atoms with Crippen LogP contribution in [0.4, 0.5) is 4.79 Å². The van der Waals surface area contributed by atoms with Crippen LogP contribution < -0.4 is 10.2 Å². The van der Waals surface area contributed by atoms with Gasteiger partial charge in [-0.2, -0.15) is 5.10 Å². The standard InChI is InChI=1S/C17H22N2O4/c1-6-21-13-9-7-8-12-10-14(22-15(12)13)11(2)18-19-16(20)23-17(3,4)5/h7-10H,6H2,1-5H3,(H,19,20)/b18-11-. The molecule has 0 unspecified atom stereocenters. The highest BCUT2D eigenvalue weighted by Gasteiger charge is 2.16. The molecule has 0 aliphatic carbocycles. The smallest absolute Gasteiger partial charge is 0.428 e. The Labute approximate surface area is 135 Å². The van der Waals surface area contributed by atoms with Crippen molar-refractivity contribution >= 4 is 22.8 Å². The molecular weight excluding hydrogens is 296 g/mol. The molecule has 0 aliphatic heterocycles. The van der Waals surface area contributed by atoms with Gasteiger partial charge in [0.1, 0.15) is 11.3 Å². The fraction of sp³-hybridized carbons (Fsp3) is 0.412. The van der Waals surface area contributed by atoms with Crippen LogP contribution in [0, 0.1) is 0 Å². The number of rotatable bonds is 4. The van der Waals surface area contributed by atoms with Crippen LogP contribution in [0.1, 0.15) is 40.4 Å². The van der Waals surface area contributed by atoms with E-state index >= 15 is 0 Å². The lowest BCUT2D eigenvalue weighted by atomic mass is 10.2. The van der Waals surface area contributed by atoms with Gasteiger partial charge in [-0.3, -0.25) is 0 Å². The molecule has 0 saturated heterocycles. The fourth-order valence-electron chi connectivity index (χ4n) is 1.97. The van der Waals surface area contributed by atoms with Crippen molar-refractivity contribution < 1.29 is 18.7 Å². The highest BCUT2D eigenvalue weighted by molar-refractivity contribution is 6.00. The Morgan fingerprint density at radius 2 is 2.09 bits per heavy atom. The summed E-state index contributed by atoms with van der Waals surface area (Å²) in [6, 6.07) is 7.54. The zero-order chi connectivity index (χ0) is 17.0. The molecule has 1 heterocycles. The molecule has 0 spiro atoms. The van der Waals surface area contributed by atoms with Gasteiger partial charge in [-0.25, -0.2) is 10.2 Å². The molecule has 1 amide bonds. The van der Waals surface area contributed by atoms with Gasteiger partial charge in [-0.15, -0.1) is 0 Å². The Kier molecular flexibility index (Phi) is 4.93. The summed E-state index contributed by atoms with van der Waals surface area (Å²) in [6.45, 7) is 9.59. The summed E-state index contributed by atoms with van der Waals surface area (Å²) >= 11 is 0. The number of furan rings is 1. The van der Waals surface area contributed by atoms with E-state index in [9.17, 15) is 4.79 Å². The van der Waals surface area contributed by atoms with Crippen molar-refractivity contribution in [2.45, 2.75) is 40.2 Å². The topological polar surface area (TPSA) is 73.1 Å². The predicted octanol–water partition coefficient (Wildman–Crippen LogP) is 4.08. The molecule has 0 bridgehead atoms. The highest BCUT2D eigenvalue weighted by atomic mass is 16.6. The molecule has 1 aromatic heterocycles. The van der Waals surface area contributed by atoms with Gasteiger partial charge < -0.3 is 13.9 Å². The number of hydrazone groups is 1. The van der Waals surface area contributed by atoms with E-state index in [0.29, 0.717) is 29.4 Å². The number of fused-ring (bicyclic) bond motifs is 1. The zero-order valence-electron chi connectivity index (χ0n) is 14.1. The van der Waals surface area contributed by atoms with Gasteiger partial charge in [0.25, 0.3) is 0 Å². The van der Waals surface area contributed by atoms with Gasteiger partial charge in [0.05, 0.1) is 6.61 Å². The molecule has 2 aromatic rings. The number of para-hydroxylation sites is 1. The molecule has 124 valence electrons. The maximum absolute atomic E-state index is 11.6. The van der Waals surface area contributed by atoms with Crippen LogP contribution in [-0.4, -0.2) is 24.0 Å². The Morgan fingerprint density at radius 1 is 1.35 bits per heavy atom. The predicted molar refractivity (Wildman–Crippen MR) is 89.0 cm³/mol. The van der Waals surface area contributed by atoms with E-state index in [0.717, 1.165) is 5.39 Å². The van der Waals surface area contributed by atoms with E-state index < -0.39 is 11.7 Å². The molecule has 1 N–H and O–H groups in total. The summed E-state index contributed by atoms with van der Waals surface area (Å²) in [4.78, 5) is 11.6. The molecule has 0 saturated carbocycles. The summed E-state index contributed by atoms with van der Waals surface area (Å²) in [5.41, 5.74) is 2.99. The first-order valence-corrected chi connectivity index (χ1v) is 7.49. The van der Waals surface area contributed by atoms with Crippen LogP contribution in [0.5, 0.6) is 5.75 Å². The lowest BCUT2D eigenvalue weighted by Crippen LogP contribution is -2.30. The second-order valence-electron chi connectivity index (χ2n) is 6.03. The molecule has 2 rings (SSSR count). The maximum atomic E-state index is 11.6. The molecule has 6 heteroatoms. The van der Waals surface area contributed by atoms with E-state index in [1.165, 1.54) is 0 Å². The molecule has 1 aromatic carbocycles. The summed E-state index contributed by atoms with van der Waals surface area (Å²) < 4.78 is 16.5. The number of amides is 1. The van der Waals surface area contributed by atoms with Gasteiger partial charge in [-0.05, 0) is 46.8 Å². The first-order chi connectivity index (χ1) is 10.8. The third-order valence-corrected chi connectivity index (χ3v) is 2.88. The quantitative estimate of drug-likeness (QED) is 0.681. The van der Waals surface area contributed by atoms with E-state index in [-0.39, 0.29) is 0 Å². The van der Waals surface area contributed by atoms with Crippen LogP contribution >= 0.6 is 0 Å². The van der Waals surface area contributed by atoms with Crippen LogP contribution in [0.2, 0.25) is 0 Å². The van der Waals surface area contributed by atoms with Crippen molar-refractivity contribution in [1.29, 1.82) is 0 Å². The third-order valence-electron chi connectivity index (χ3n) is 2.88. The van der Waals surface area contributed by atoms with Crippen molar-refractivity contribution in [1.82, 2.24) is 5.43 Å². The molecule has 6 nitrogen and oxygen atoms in total. The summed E-state index contributed by atoms with van der Waals surface area (Å²) in [6.07, 6.45) is -0.608. The Bertz CT molecular complexity index is 726. The lowest BCUT2D eigenvalue weighted by Gasteiger charge is -2.18. The summed E-state index contributed by atoms with van der Waals surface area (Å²) in [5.74, 6) is 1.24. The minimum absolute atomic E-state index is 0.537. The zero-order valence-corrected chi connectivity index (χ0v) is 14.1. The van der Waals surface area contributed by atoms with E-state index in [1.807, 2.05) is 31.2 Å². The van der Waals surface area contributed by atoms with Crippen molar-refractivity contribution in [2.75, 3.05) is 6.61 Å². The number of nitrogens with zero attached hydrogens (tertiary/aromatic N) is 1. The number of benzene rings is 1. The number of carbonyl (C=O) groups excluding carboxylic acids is 1. The fourth-order valence-corrected chi connectivity index (χ4v) is 1.97. The van der Waals surface area contributed by atoms with Gasteiger partial charge >= 0.3 is 6.09 Å². The minimum Gasteiger partial charge on any atom is -0.490 e. The summed E-state index contributed by atoms with van der Waals surface area (Å²) in [5, 5.41) is 4.92. The first kappa shape index (κ1) is 16.9. The normalized spacial score (nSPS) is 12.3. The third kappa shape index (κ3) is 4.48. The molecule has 0 fully saturated rings. The number of hydrogen-bond acceptors (Lipinski definition) is 5. The Morgan fingerprint density at radius 3 is 2.74 bits per heavy atom. The Balaban J connectivity index is 2.17. The van der Waals surface area contributed by atoms with Gasteiger partial charge in [0.2, 0.25) is 0 Å². The van der Waals surface area contributed by atoms with Crippen LogP contribution in [0.15, 0.2) is 33.8 Å². The second-order valence-corrected chi connectivity index (χ2v) is 6.03. The second kappa shape index (κ2) is 6.73. The van der Waals surface area contributed by atoms with Gasteiger partial charge in [0.15, 0.2) is 17.1 Å². The van der Waals surface area contributed by atoms with E-state index in [1.54, 1.807) is 27.7 Å². The van der Waals surface area contributed by atoms with Gasteiger partial charge in [0, 0.05) is 5.39 Å². The van der Waals surface area contributed by atoms with Crippen molar-refractivity contribution in [3.8, 4) is 5.75 Å². The average molecular weight is 318 g/mol. The lowest BCUT2D eigenvalue weighted by molar-refractivity contribution is 0.0529. The number of hydrogen-bond donors (Lipinski definition) is 1. The Hall–Kier alpha value is -2.50. The number of ether oxygens (including phenoxy) is 2. The SMILES string of the molecule is CCOc1cccc2cc(/C(C)=N\NC(=O)OC(C)(C)C)oc12. The number of carbonyl (C=O) groups is 1. The molecule has 0 radical (unpaired) electrons. The molecular formula is C17H22N2O4. The molecule has 0 aliphatic rings.